The van der Waals surface area contributed by atoms with E-state index in [1.165, 1.54) is 19.3 Å². The van der Waals surface area contributed by atoms with Gasteiger partial charge < -0.3 is 4.74 Å². The third kappa shape index (κ3) is 2.35. The molecule has 0 aliphatic carbocycles. The lowest BCUT2D eigenvalue weighted by atomic mass is 10.1. The van der Waals surface area contributed by atoms with Gasteiger partial charge in [-0.3, -0.25) is 0 Å². The second-order valence-corrected chi connectivity index (χ2v) is 3.32. The molecule has 0 fully saturated rings. The number of ether oxygens (including phenoxy) is 1. The zero-order chi connectivity index (χ0) is 11.4. The van der Waals surface area contributed by atoms with Gasteiger partial charge in [-0.05, 0) is 18.6 Å². The van der Waals surface area contributed by atoms with Gasteiger partial charge in [-0.15, -0.1) is 0 Å². The van der Waals surface area contributed by atoms with Crippen LogP contribution >= 0.6 is 11.6 Å². The van der Waals surface area contributed by atoms with Gasteiger partial charge in [-0.2, -0.15) is 0 Å². The van der Waals surface area contributed by atoms with Crippen LogP contribution in [0, 0.1) is 12.7 Å². The van der Waals surface area contributed by atoms with Crippen molar-refractivity contribution >= 4 is 17.7 Å². The van der Waals surface area contributed by atoms with Crippen molar-refractivity contribution in [2.24, 2.45) is 4.99 Å². The number of methoxy groups -OCH3 is 1. The predicted molar refractivity (Wildman–Crippen MR) is 54.5 cm³/mol. The van der Waals surface area contributed by atoms with Crippen molar-refractivity contribution < 1.29 is 13.9 Å². The molecule has 0 spiro atoms. The minimum Gasteiger partial charge on any atom is -0.496 e. The maximum atomic E-state index is 13.6. The van der Waals surface area contributed by atoms with Gasteiger partial charge in [0.05, 0.1) is 24.2 Å². The third-order valence-electron chi connectivity index (χ3n) is 1.96. The van der Waals surface area contributed by atoms with E-state index in [-0.39, 0.29) is 17.1 Å². The van der Waals surface area contributed by atoms with E-state index in [4.69, 9.17) is 16.3 Å². The van der Waals surface area contributed by atoms with Crippen molar-refractivity contribution in [3.8, 4) is 5.75 Å². The van der Waals surface area contributed by atoms with Gasteiger partial charge in [0.2, 0.25) is 6.08 Å². The Hall–Kier alpha value is -1.38. The number of carbonyl (C=O) groups excluding carboxylic acids is 1. The van der Waals surface area contributed by atoms with Crippen molar-refractivity contribution in [1.82, 2.24) is 0 Å². The van der Waals surface area contributed by atoms with Crippen LogP contribution in [0.25, 0.3) is 0 Å². The van der Waals surface area contributed by atoms with Crippen molar-refractivity contribution in [3.63, 3.8) is 0 Å². The average Bonchev–Trinajstić information content (AvgIpc) is 2.21. The van der Waals surface area contributed by atoms with Gasteiger partial charge in [0.25, 0.3) is 0 Å². The molecule has 0 heterocycles. The first-order valence-electron chi connectivity index (χ1n) is 4.17. The predicted octanol–water partition coefficient (Wildman–Crippen LogP) is 2.63. The highest BCUT2D eigenvalue weighted by Gasteiger charge is 2.15. The van der Waals surface area contributed by atoms with Gasteiger partial charge in [0.15, 0.2) is 5.82 Å². The van der Waals surface area contributed by atoms with Crippen LogP contribution in [0.3, 0.4) is 0 Å². The van der Waals surface area contributed by atoms with Crippen molar-refractivity contribution in [2.45, 2.75) is 13.5 Å². The molecule has 0 atom stereocenters. The van der Waals surface area contributed by atoms with E-state index in [9.17, 15) is 9.18 Å². The van der Waals surface area contributed by atoms with Crippen molar-refractivity contribution in [2.75, 3.05) is 7.11 Å². The molecule has 0 aliphatic rings. The van der Waals surface area contributed by atoms with Crippen LogP contribution < -0.4 is 4.74 Å². The van der Waals surface area contributed by atoms with Gasteiger partial charge in [0.1, 0.15) is 5.75 Å². The largest absolute Gasteiger partial charge is 0.496 e. The number of rotatable bonds is 3. The SMILES string of the molecule is COc1c(C)cc(Cl)c(F)c1CN=C=O. The Bertz CT molecular complexity index is 428. The highest BCUT2D eigenvalue weighted by atomic mass is 35.5. The van der Waals surface area contributed by atoms with Crippen molar-refractivity contribution in [1.29, 1.82) is 0 Å². The van der Waals surface area contributed by atoms with Crippen LogP contribution in [-0.4, -0.2) is 13.2 Å². The lowest BCUT2D eigenvalue weighted by Crippen LogP contribution is -1.98. The van der Waals surface area contributed by atoms with Crippen LogP contribution in [0.5, 0.6) is 5.75 Å². The molecule has 1 rings (SSSR count). The summed E-state index contributed by atoms with van der Waals surface area (Å²) in [6.07, 6.45) is 1.34. The molecule has 0 saturated heterocycles. The Labute approximate surface area is 91.5 Å². The van der Waals surface area contributed by atoms with Gasteiger partial charge in [-0.1, -0.05) is 11.6 Å². The summed E-state index contributed by atoms with van der Waals surface area (Å²) in [7, 11) is 1.42. The number of isocyanates is 1. The van der Waals surface area contributed by atoms with Gasteiger partial charge in [0, 0.05) is 0 Å². The lowest BCUT2D eigenvalue weighted by Gasteiger charge is -2.11. The molecule has 0 aromatic heterocycles. The molecule has 0 aliphatic heterocycles. The summed E-state index contributed by atoms with van der Waals surface area (Å²) < 4.78 is 18.6. The van der Waals surface area contributed by atoms with E-state index in [1.807, 2.05) is 0 Å². The zero-order valence-corrected chi connectivity index (χ0v) is 9.06. The molecular formula is C10H9ClFNO2. The van der Waals surface area contributed by atoms with E-state index >= 15 is 0 Å². The van der Waals surface area contributed by atoms with E-state index in [0.717, 1.165) is 0 Å². The fraction of sp³-hybridized carbons (Fsp3) is 0.300. The third-order valence-corrected chi connectivity index (χ3v) is 2.23. The molecule has 0 unspecified atom stereocenters. The zero-order valence-electron chi connectivity index (χ0n) is 8.30. The average molecular weight is 230 g/mol. The van der Waals surface area contributed by atoms with E-state index in [1.54, 1.807) is 6.92 Å². The van der Waals surface area contributed by atoms with Gasteiger partial charge in [-0.25, -0.2) is 14.2 Å². The molecule has 0 saturated carbocycles. The summed E-state index contributed by atoms with van der Waals surface area (Å²) in [4.78, 5) is 13.3. The van der Waals surface area contributed by atoms with Crippen LogP contribution in [0.15, 0.2) is 11.1 Å². The summed E-state index contributed by atoms with van der Waals surface area (Å²) in [5, 5.41) is -0.00982. The molecule has 80 valence electrons. The molecule has 5 heteroatoms. The number of benzene rings is 1. The molecule has 0 amide bonds. The van der Waals surface area contributed by atoms with Crippen LogP contribution in [0.4, 0.5) is 4.39 Å². The second-order valence-electron chi connectivity index (χ2n) is 2.91. The Kier molecular flexibility index (Phi) is 3.83. The number of halogens is 2. The highest BCUT2D eigenvalue weighted by Crippen LogP contribution is 2.31. The quantitative estimate of drug-likeness (QED) is 0.590. The van der Waals surface area contributed by atoms with E-state index < -0.39 is 5.82 Å². The maximum absolute atomic E-state index is 13.6. The smallest absolute Gasteiger partial charge is 0.235 e. The second kappa shape index (κ2) is 4.91. The summed E-state index contributed by atoms with van der Waals surface area (Å²) in [6, 6.07) is 1.46. The Morgan fingerprint density at radius 2 is 2.33 bits per heavy atom. The first kappa shape index (κ1) is 11.7. The first-order valence-corrected chi connectivity index (χ1v) is 4.54. The molecule has 0 N–H and O–H groups in total. The number of aryl methyl sites for hydroxylation is 1. The summed E-state index contributed by atoms with van der Waals surface area (Å²) >= 11 is 5.66. The minimum absolute atomic E-state index is 0.00982. The molecule has 15 heavy (non-hydrogen) atoms. The molecule has 1 aromatic carbocycles. The number of nitrogens with zero attached hydrogens (tertiary/aromatic N) is 1. The summed E-state index contributed by atoms with van der Waals surface area (Å²) in [5.41, 5.74) is 0.867. The normalized spacial score (nSPS) is 9.60. The molecule has 1 aromatic rings. The van der Waals surface area contributed by atoms with E-state index in [2.05, 4.69) is 4.99 Å². The fourth-order valence-corrected chi connectivity index (χ4v) is 1.62. The first-order chi connectivity index (χ1) is 7.11. The highest BCUT2D eigenvalue weighted by molar-refractivity contribution is 6.30. The monoisotopic (exact) mass is 229 g/mol. The van der Waals surface area contributed by atoms with Crippen molar-refractivity contribution in [3.05, 3.63) is 28.0 Å². The van der Waals surface area contributed by atoms with Gasteiger partial charge >= 0.3 is 0 Å². The molecular weight excluding hydrogens is 221 g/mol. The fourth-order valence-electron chi connectivity index (χ4n) is 1.34. The Morgan fingerprint density at radius 1 is 1.67 bits per heavy atom. The molecule has 3 nitrogen and oxygen atoms in total. The molecule has 0 bridgehead atoms. The lowest BCUT2D eigenvalue weighted by molar-refractivity contribution is 0.401. The standard InChI is InChI=1S/C10H9ClFNO2/c1-6-3-8(11)9(12)7(4-13-5-14)10(6)15-2/h3H,4H2,1-2H3. The topological polar surface area (TPSA) is 38.7 Å². The Morgan fingerprint density at radius 3 is 2.87 bits per heavy atom. The Balaban J connectivity index is 3.35. The number of hydrogen-bond acceptors (Lipinski definition) is 3. The minimum atomic E-state index is -0.613. The van der Waals surface area contributed by atoms with Crippen LogP contribution in [0.1, 0.15) is 11.1 Å². The summed E-state index contributed by atoms with van der Waals surface area (Å²) in [5.74, 6) is -0.256. The number of aliphatic imine (C=N–C) groups is 1. The summed E-state index contributed by atoms with van der Waals surface area (Å²) in [6.45, 7) is 1.61. The van der Waals surface area contributed by atoms with Crippen LogP contribution in [-0.2, 0) is 11.3 Å². The van der Waals surface area contributed by atoms with Crippen LogP contribution in [0.2, 0.25) is 5.02 Å². The maximum Gasteiger partial charge on any atom is 0.235 e. The molecule has 0 radical (unpaired) electrons. The van der Waals surface area contributed by atoms with E-state index in [0.29, 0.717) is 11.3 Å². The number of hydrogen-bond donors (Lipinski definition) is 0.